The molecule has 0 aliphatic heterocycles. The largest absolute Gasteiger partial charge is 0.310 e. The van der Waals surface area contributed by atoms with Crippen LogP contribution < -0.4 is 0 Å². The molecule has 1 aromatic heterocycles. The normalized spacial score (nSPS) is 11.7. The van der Waals surface area contributed by atoms with Crippen LogP contribution >= 0.6 is 0 Å². The SMILES string of the molecule is O=S(=O)(Cc1ccccc1)c1nc2ccccc2n1Cc1ccccc1. The van der Waals surface area contributed by atoms with Crippen molar-refractivity contribution in [1.82, 2.24) is 9.55 Å². The third kappa shape index (κ3) is 3.26. The maximum atomic E-state index is 13.1. The molecular weight excluding hydrogens is 344 g/mol. The molecule has 0 aliphatic carbocycles. The first-order valence-corrected chi connectivity index (χ1v) is 10.0. The summed E-state index contributed by atoms with van der Waals surface area (Å²) in [5.74, 6) is -0.0635. The van der Waals surface area contributed by atoms with Crippen molar-refractivity contribution in [3.05, 3.63) is 96.1 Å². The van der Waals surface area contributed by atoms with Crippen molar-refractivity contribution in [1.29, 1.82) is 0 Å². The van der Waals surface area contributed by atoms with Crippen molar-refractivity contribution in [3.63, 3.8) is 0 Å². The quantitative estimate of drug-likeness (QED) is 0.538. The van der Waals surface area contributed by atoms with E-state index >= 15 is 0 Å². The molecule has 0 radical (unpaired) electrons. The molecule has 0 unspecified atom stereocenters. The predicted octanol–water partition coefficient (Wildman–Crippen LogP) is 4.06. The zero-order valence-corrected chi connectivity index (χ0v) is 14.9. The van der Waals surface area contributed by atoms with Gasteiger partial charge in [-0.1, -0.05) is 72.8 Å². The van der Waals surface area contributed by atoms with Crippen molar-refractivity contribution < 1.29 is 8.42 Å². The molecule has 0 fully saturated rings. The van der Waals surface area contributed by atoms with Crippen LogP contribution in [0.2, 0.25) is 0 Å². The van der Waals surface area contributed by atoms with Crippen LogP contribution in [0.5, 0.6) is 0 Å². The number of rotatable bonds is 5. The second-order valence-electron chi connectivity index (χ2n) is 6.20. The third-order valence-corrected chi connectivity index (χ3v) is 5.86. The van der Waals surface area contributed by atoms with Crippen LogP contribution in [0.1, 0.15) is 11.1 Å². The summed E-state index contributed by atoms with van der Waals surface area (Å²) in [4.78, 5) is 4.45. The van der Waals surface area contributed by atoms with Crippen molar-refractivity contribution in [2.45, 2.75) is 17.5 Å². The van der Waals surface area contributed by atoms with Crippen LogP contribution in [0.4, 0.5) is 0 Å². The van der Waals surface area contributed by atoms with Crippen LogP contribution in [0, 0.1) is 0 Å². The van der Waals surface area contributed by atoms with E-state index in [0.29, 0.717) is 12.1 Å². The number of para-hydroxylation sites is 2. The van der Waals surface area contributed by atoms with Gasteiger partial charge in [0.25, 0.3) is 0 Å². The van der Waals surface area contributed by atoms with E-state index in [0.717, 1.165) is 16.6 Å². The zero-order chi connectivity index (χ0) is 18.0. The first-order chi connectivity index (χ1) is 12.6. The number of hydrogen-bond donors (Lipinski definition) is 0. The minimum absolute atomic E-state index is 0.0635. The second-order valence-corrected chi connectivity index (χ2v) is 8.08. The van der Waals surface area contributed by atoms with Crippen LogP contribution in [0.15, 0.2) is 90.1 Å². The number of hydrogen-bond acceptors (Lipinski definition) is 3. The molecular formula is C21H18N2O2S. The van der Waals surface area contributed by atoms with E-state index in [1.807, 2.05) is 84.9 Å². The summed E-state index contributed by atoms with van der Waals surface area (Å²) in [5, 5.41) is 0.117. The summed E-state index contributed by atoms with van der Waals surface area (Å²) in [7, 11) is -3.57. The van der Waals surface area contributed by atoms with Gasteiger partial charge in [0.1, 0.15) is 0 Å². The van der Waals surface area contributed by atoms with E-state index in [-0.39, 0.29) is 10.9 Å². The Labute approximate surface area is 152 Å². The van der Waals surface area contributed by atoms with E-state index in [1.165, 1.54) is 0 Å². The van der Waals surface area contributed by atoms with E-state index in [2.05, 4.69) is 4.98 Å². The monoisotopic (exact) mass is 362 g/mol. The number of sulfone groups is 1. The Kier molecular flexibility index (Phi) is 4.31. The fraction of sp³-hybridized carbons (Fsp3) is 0.0952. The highest BCUT2D eigenvalue weighted by Gasteiger charge is 2.24. The number of nitrogens with zero attached hydrogens (tertiary/aromatic N) is 2. The van der Waals surface area contributed by atoms with E-state index in [1.54, 1.807) is 4.57 Å². The van der Waals surface area contributed by atoms with Gasteiger partial charge in [-0.2, -0.15) is 0 Å². The van der Waals surface area contributed by atoms with Gasteiger partial charge < -0.3 is 4.57 Å². The lowest BCUT2D eigenvalue weighted by molar-refractivity contribution is 0.574. The summed E-state index contributed by atoms with van der Waals surface area (Å²) >= 11 is 0. The number of fused-ring (bicyclic) bond motifs is 1. The molecule has 0 atom stereocenters. The maximum Gasteiger partial charge on any atom is 0.229 e. The highest BCUT2D eigenvalue weighted by molar-refractivity contribution is 7.90. The zero-order valence-electron chi connectivity index (χ0n) is 14.1. The van der Waals surface area contributed by atoms with Crippen molar-refractivity contribution in [2.24, 2.45) is 0 Å². The fourth-order valence-corrected chi connectivity index (χ4v) is 4.56. The van der Waals surface area contributed by atoms with E-state index < -0.39 is 9.84 Å². The molecule has 26 heavy (non-hydrogen) atoms. The molecule has 1 heterocycles. The second kappa shape index (κ2) is 6.77. The van der Waals surface area contributed by atoms with Crippen LogP contribution in [0.25, 0.3) is 11.0 Å². The molecule has 4 rings (SSSR count). The van der Waals surface area contributed by atoms with Gasteiger partial charge in [0, 0.05) is 0 Å². The Morgan fingerprint density at radius 1 is 0.731 bits per heavy atom. The molecule has 5 heteroatoms. The fourth-order valence-electron chi connectivity index (χ4n) is 3.07. The predicted molar refractivity (Wildman–Crippen MR) is 103 cm³/mol. The molecule has 0 saturated heterocycles. The summed E-state index contributed by atoms with van der Waals surface area (Å²) in [5.41, 5.74) is 3.30. The Bertz CT molecular complexity index is 1130. The molecule has 130 valence electrons. The molecule has 4 nitrogen and oxygen atoms in total. The maximum absolute atomic E-state index is 13.1. The minimum Gasteiger partial charge on any atom is -0.310 e. The van der Waals surface area contributed by atoms with Crippen LogP contribution in [-0.2, 0) is 22.1 Å². The van der Waals surface area contributed by atoms with Gasteiger partial charge in [-0.25, -0.2) is 13.4 Å². The lowest BCUT2D eigenvalue weighted by atomic mass is 10.2. The highest BCUT2D eigenvalue weighted by atomic mass is 32.2. The third-order valence-electron chi connectivity index (χ3n) is 4.28. The number of aromatic nitrogens is 2. The molecule has 3 aromatic carbocycles. The van der Waals surface area contributed by atoms with E-state index in [4.69, 9.17) is 0 Å². The Morgan fingerprint density at radius 3 is 2.00 bits per heavy atom. The molecule has 0 spiro atoms. The van der Waals surface area contributed by atoms with Gasteiger partial charge in [-0.05, 0) is 23.3 Å². The highest BCUT2D eigenvalue weighted by Crippen LogP contribution is 2.23. The topological polar surface area (TPSA) is 52.0 Å². The molecule has 0 bridgehead atoms. The van der Waals surface area contributed by atoms with Gasteiger partial charge in [0.05, 0.1) is 23.3 Å². The van der Waals surface area contributed by atoms with Gasteiger partial charge >= 0.3 is 0 Å². The van der Waals surface area contributed by atoms with Gasteiger partial charge in [-0.15, -0.1) is 0 Å². The lowest BCUT2D eigenvalue weighted by Gasteiger charge is -2.10. The Balaban J connectivity index is 1.82. The summed E-state index contributed by atoms with van der Waals surface area (Å²) in [6, 6.07) is 26.6. The summed E-state index contributed by atoms with van der Waals surface area (Å²) < 4.78 is 28.0. The first-order valence-electron chi connectivity index (χ1n) is 8.39. The first kappa shape index (κ1) is 16.5. The number of benzene rings is 3. The smallest absolute Gasteiger partial charge is 0.229 e. The minimum atomic E-state index is -3.57. The lowest BCUT2D eigenvalue weighted by Crippen LogP contribution is -2.13. The molecule has 0 saturated carbocycles. The molecule has 0 amide bonds. The van der Waals surface area contributed by atoms with Crippen molar-refractivity contribution in [3.8, 4) is 0 Å². The van der Waals surface area contributed by atoms with Gasteiger partial charge in [0.15, 0.2) is 0 Å². The Morgan fingerprint density at radius 2 is 1.31 bits per heavy atom. The standard InChI is InChI=1S/C21H18N2O2S/c24-26(25,16-18-11-5-2-6-12-18)21-22-19-13-7-8-14-20(19)23(21)15-17-9-3-1-4-10-17/h1-14H,15-16H2. The van der Waals surface area contributed by atoms with E-state index in [9.17, 15) is 8.42 Å². The van der Waals surface area contributed by atoms with Crippen molar-refractivity contribution in [2.75, 3.05) is 0 Å². The molecule has 0 aliphatic rings. The average Bonchev–Trinajstić information content (AvgIpc) is 3.03. The Hall–Kier alpha value is -2.92. The van der Waals surface area contributed by atoms with Crippen LogP contribution in [-0.4, -0.2) is 18.0 Å². The molecule has 4 aromatic rings. The van der Waals surface area contributed by atoms with Crippen LogP contribution in [0.3, 0.4) is 0 Å². The summed E-state index contributed by atoms with van der Waals surface area (Å²) in [6.07, 6.45) is 0. The van der Waals surface area contributed by atoms with Gasteiger partial charge in [-0.3, -0.25) is 0 Å². The van der Waals surface area contributed by atoms with Gasteiger partial charge in [0.2, 0.25) is 15.0 Å². The summed E-state index contributed by atoms with van der Waals surface area (Å²) in [6.45, 7) is 0.463. The molecule has 0 N–H and O–H groups in total. The average molecular weight is 362 g/mol. The van der Waals surface area contributed by atoms with Crippen molar-refractivity contribution >= 4 is 20.9 Å². The number of imidazole rings is 1.